The average Bonchev–Trinajstić information content (AvgIpc) is 2.89. The number of amides is 1. The van der Waals surface area contributed by atoms with E-state index < -0.39 is 5.60 Å². The van der Waals surface area contributed by atoms with Crippen LogP contribution in [-0.2, 0) is 16.9 Å². The minimum atomic E-state index is -1.06. The third-order valence-electron chi connectivity index (χ3n) is 3.15. The fourth-order valence-corrected chi connectivity index (χ4v) is 1.99. The number of anilines is 1. The molecule has 21 heavy (non-hydrogen) atoms. The van der Waals surface area contributed by atoms with E-state index in [0.717, 1.165) is 5.69 Å². The van der Waals surface area contributed by atoms with Crippen LogP contribution in [0.1, 0.15) is 26.5 Å². The number of hydrogen-bond acceptors (Lipinski definition) is 4. The van der Waals surface area contributed by atoms with Crippen molar-refractivity contribution >= 4 is 11.6 Å². The normalized spacial score (nSPS) is 11.4. The molecular formula is C15H20N4O2. The second-order valence-corrected chi connectivity index (χ2v) is 5.33. The number of benzene rings is 1. The lowest BCUT2D eigenvalue weighted by molar-refractivity contribution is -0.119. The first kappa shape index (κ1) is 15.2. The lowest BCUT2D eigenvalue weighted by atomic mass is 10.1. The van der Waals surface area contributed by atoms with Crippen molar-refractivity contribution in [2.24, 2.45) is 0 Å². The lowest BCUT2D eigenvalue weighted by Crippen LogP contribution is -2.33. The maximum atomic E-state index is 12.4. The molecule has 0 aliphatic carbocycles. The number of aliphatic hydroxyl groups is 1. The summed E-state index contributed by atoms with van der Waals surface area (Å²) in [5.41, 5.74) is 0.233. The summed E-state index contributed by atoms with van der Waals surface area (Å²) < 4.78 is 1.45. The molecule has 0 aliphatic rings. The smallest absolute Gasteiger partial charge is 0.248 e. The fraction of sp³-hybridized carbons (Fsp3) is 0.400. The number of para-hydroxylation sites is 1. The molecule has 0 bridgehead atoms. The molecule has 1 heterocycles. The highest BCUT2D eigenvalue weighted by molar-refractivity contribution is 5.93. The number of likely N-dealkylation sites (N-methyl/N-ethyl adjacent to an activating group) is 1. The van der Waals surface area contributed by atoms with Crippen molar-refractivity contribution in [1.29, 1.82) is 0 Å². The minimum absolute atomic E-state index is 0.0732. The van der Waals surface area contributed by atoms with Gasteiger partial charge in [0.15, 0.2) is 0 Å². The monoisotopic (exact) mass is 288 g/mol. The van der Waals surface area contributed by atoms with Crippen molar-refractivity contribution in [3.8, 4) is 0 Å². The Morgan fingerprint density at radius 2 is 2.00 bits per heavy atom. The zero-order valence-corrected chi connectivity index (χ0v) is 12.5. The second kappa shape index (κ2) is 6.05. The molecule has 6 heteroatoms. The first-order valence-electron chi connectivity index (χ1n) is 6.90. The summed E-state index contributed by atoms with van der Waals surface area (Å²) in [7, 11) is 0. The number of nitrogens with zero attached hydrogens (tertiary/aromatic N) is 4. The van der Waals surface area contributed by atoms with Gasteiger partial charge < -0.3 is 10.0 Å². The van der Waals surface area contributed by atoms with E-state index in [1.54, 1.807) is 24.9 Å². The molecule has 6 nitrogen and oxygen atoms in total. The van der Waals surface area contributed by atoms with Crippen molar-refractivity contribution in [1.82, 2.24) is 15.0 Å². The van der Waals surface area contributed by atoms with Gasteiger partial charge in [-0.3, -0.25) is 4.79 Å². The van der Waals surface area contributed by atoms with Crippen LogP contribution < -0.4 is 4.90 Å². The zero-order chi connectivity index (χ0) is 15.5. The third kappa shape index (κ3) is 3.66. The van der Waals surface area contributed by atoms with Gasteiger partial charge >= 0.3 is 0 Å². The predicted octanol–water partition coefficient (Wildman–Crippen LogP) is 1.56. The molecule has 0 aliphatic heterocycles. The molecule has 1 amide bonds. The summed E-state index contributed by atoms with van der Waals surface area (Å²) in [6.45, 7) is 5.85. The fourth-order valence-electron chi connectivity index (χ4n) is 1.99. The van der Waals surface area contributed by atoms with Crippen LogP contribution in [0.2, 0.25) is 0 Å². The SMILES string of the molecule is CCN(C(=O)Cn1cc(C(C)(C)O)nn1)c1ccccc1. The Bertz CT molecular complexity index is 602. The van der Waals surface area contributed by atoms with E-state index in [2.05, 4.69) is 10.3 Å². The first-order valence-corrected chi connectivity index (χ1v) is 6.90. The van der Waals surface area contributed by atoms with E-state index >= 15 is 0 Å². The number of carbonyl (C=O) groups excluding carboxylic acids is 1. The average molecular weight is 288 g/mol. The molecule has 0 saturated heterocycles. The Labute approximate surface area is 124 Å². The van der Waals surface area contributed by atoms with Crippen molar-refractivity contribution in [2.75, 3.05) is 11.4 Å². The highest BCUT2D eigenvalue weighted by Gasteiger charge is 2.21. The highest BCUT2D eigenvalue weighted by atomic mass is 16.3. The summed E-state index contributed by atoms with van der Waals surface area (Å²) in [4.78, 5) is 14.1. The van der Waals surface area contributed by atoms with Crippen LogP contribution in [0.25, 0.3) is 0 Å². The van der Waals surface area contributed by atoms with E-state index in [-0.39, 0.29) is 12.5 Å². The van der Waals surface area contributed by atoms with Crippen LogP contribution in [0.5, 0.6) is 0 Å². The van der Waals surface area contributed by atoms with Gasteiger partial charge in [0.25, 0.3) is 0 Å². The standard InChI is InChI=1S/C15H20N4O2/c1-4-19(12-8-6-5-7-9-12)14(20)11-18-10-13(16-17-18)15(2,3)21/h5-10,21H,4,11H2,1-3H3. The Kier molecular flexibility index (Phi) is 4.37. The number of rotatable bonds is 5. The van der Waals surface area contributed by atoms with E-state index in [4.69, 9.17) is 0 Å². The molecule has 2 rings (SSSR count). The second-order valence-electron chi connectivity index (χ2n) is 5.33. The van der Waals surface area contributed by atoms with Gasteiger partial charge in [-0.15, -0.1) is 5.10 Å². The highest BCUT2D eigenvalue weighted by Crippen LogP contribution is 2.16. The summed E-state index contributed by atoms with van der Waals surface area (Å²) in [6.07, 6.45) is 1.59. The Balaban J connectivity index is 2.11. The molecule has 112 valence electrons. The van der Waals surface area contributed by atoms with Gasteiger partial charge in [0.1, 0.15) is 17.8 Å². The Morgan fingerprint density at radius 1 is 1.33 bits per heavy atom. The largest absolute Gasteiger partial charge is 0.384 e. The van der Waals surface area contributed by atoms with Crippen LogP contribution in [0.4, 0.5) is 5.69 Å². The van der Waals surface area contributed by atoms with Crippen LogP contribution >= 0.6 is 0 Å². The molecule has 0 saturated carbocycles. The topological polar surface area (TPSA) is 71.2 Å². The number of aromatic nitrogens is 3. The summed E-state index contributed by atoms with van der Waals surface area (Å²) in [6, 6.07) is 9.49. The summed E-state index contributed by atoms with van der Waals surface area (Å²) in [5, 5.41) is 17.6. The number of carbonyl (C=O) groups is 1. The maximum Gasteiger partial charge on any atom is 0.248 e. The number of hydrogen-bond donors (Lipinski definition) is 1. The molecule has 1 aromatic carbocycles. The van der Waals surface area contributed by atoms with Crippen molar-refractivity contribution in [2.45, 2.75) is 32.9 Å². The molecule has 2 aromatic rings. The predicted molar refractivity (Wildman–Crippen MR) is 79.7 cm³/mol. The zero-order valence-electron chi connectivity index (χ0n) is 12.5. The molecule has 0 atom stereocenters. The third-order valence-corrected chi connectivity index (χ3v) is 3.15. The Hall–Kier alpha value is -2.21. The van der Waals surface area contributed by atoms with E-state index in [9.17, 15) is 9.90 Å². The van der Waals surface area contributed by atoms with Gasteiger partial charge in [-0.2, -0.15) is 0 Å². The van der Waals surface area contributed by atoms with Crippen molar-refractivity contribution in [3.05, 3.63) is 42.2 Å². The van der Waals surface area contributed by atoms with Gasteiger partial charge in [-0.1, -0.05) is 23.4 Å². The molecule has 0 radical (unpaired) electrons. The quantitative estimate of drug-likeness (QED) is 0.906. The molecule has 0 unspecified atom stereocenters. The van der Waals surface area contributed by atoms with Crippen molar-refractivity contribution in [3.63, 3.8) is 0 Å². The Morgan fingerprint density at radius 3 is 2.52 bits per heavy atom. The van der Waals surface area contributed by atoms with Gasteiger partial charge in [-0.25, -0.2) is 4.68 Å². The van der Waals surface area contributed by atoms with Crippen LogP contribution in [-0.4, -0.2) is 32.6 Å². The van der Waals surface area contributed by atoms with Crippen LogP contribution in [0, 0.1) is 0 Å². The van der Waals surface area contributed by atoms with Crippen LogP contribution in [0.3, 0.4) is 0 Å². The van der Waals surface area contributed by atoms with Gasteiger partial charge in [-0.05, 0) is 32.9 Å². The molecule has 0 fully saturated rings. The minimum Gasteiger partial charge on any atom is -0.384 e. The molecular weight excluding hydrogens is 268 g/mol. The van der Waals surface area contributed by atoms with Gasteiger partial charge in [0, 0.05) is 12.2 Å². The van der Waals surface area contributed by atoms with E-state index in [1.165, 1.54) is 4.68 Å². The molecule has 0 spiro atoms. The maximum absolute atomic E-state index is 12.4. The van der Waals surface area contributed by atoms with Crippen LogP contribution in [0.15, 0.2) is 36.5 Å². The van der Waals surface area contributed by atoms with Gasteiger partial charge in [0.2, 0.25) is 5.91 Å². The van der Waals surface area contributed by atoms with E-state index in [0.29, 0.717) is 12.2 Å². The molecule has 1 aromatic heterocycles. The lowest BCUT2D eigenvalue weighted by Gasteiger charge is -2.20. The summed E-state index contributed by atoms with van der Waals surface area (Å²) >= 11 is 0. The molecule has 1 N–H and O–H groups in total. The van der Waals surface area contributed by atoms with Crippen molar-refractivity contribution < 1.29 is 9.90 Å². The van der Waals surface area contributed by atoms with E-state index in [1.807, 2.05) is 37.3 Å². The van der Waals surface area contributed by atoms with Gasteiger partial charge in [0.05, 0.1) is 6.20 Å². The first-order chi connectivity index (χ1) is 9.91. The summed E-state index contributed by atoms with van der Waals surface area (Å²) in [5.74, 6) is -0.0732.